The number of pyridine rings is 1. The molecule has 1 aliphatic heterocycles. The van der Waals surface area contributed by atoms with Crippen molar-refractivity contribution in [2.75, 3.05) is 13.1 Å². The van der Waals surface area contributed by atoms with E-state index in [1.807, 2.05) is 20.8 Å². The van der Waals surface area contributed by atoms with Crippen LogP contribution in [0.15, 0.2) is 4.79 Å². The number of hydrogen-bond acceptors (Lipinski definition) is 5. The van der Waals surface area contributed by atoms with Crippen LogP contribution in [-0.4, -0.2) is 38.9 Å². The number of carbonyl (C=O) groups excluding carboxylic acids is 2. The number of rotatable bonds is 2. The van der Waals surface area contributed by atoms with Crippen molar-refractivity contribution in [2.24, 2.45) is 0 Å². The molecule has 2 aromatic heterocycles. The van der Waals surface area contributed by atoms with Gasteiger partial charge in [0, 0.05) is 18.8 Å². The first kappa shape index (κ1) is 14.7. The molecule has 1 aliphatic rings. The number of nitrogens with one attached hydrogen (secondary N) is 1. The second kappa shape index (κ2) is 5.20. The summed E-state index contributed by atoms with van der Waals surface area (Å²) in [5, 5.41) is 3.13. The summed E-state index contributed by atoms with van der Waals surface area (Å²) in [6, 6.07) is -0.403. The second-order valence-corrected chi connectivity index (χ2v) is 6.35. The lowest BCUT2D eigenvalue weighted by molar-refractivity contribution is -0.128. The Bertz CT molecular complexity index is 852. The molecule has 0 aromatic carbocycles. The number of amides is 3. The highest BCUT2D eigenvalue weighted by Gasteiger charge is 2.27. The van der Waals surface area contributed by atoms with Gasteiger partial charge in [-0.2, -0.15) is 0 Å². The van der Waals surface area contributed by atoms with Gasteiger partial charge in [-0.1, -0.05) is 0 Å². The molecule has 0 saturated carbocycles. The highest BCUT2D eigenvalue weighted by atomic mass is 32.1. The number of urea groups is 1. The maximum absolute atomic E-state index is 12.5. The fraction of sp³-hybridized carbons (Fsp3) is 0.429. The topological polar surface area (TPSA) is 84.3 Å². The molecule has 0 bridgehead atoms. The van der Waals surface area contributed by atoms with Gasteiger partial charge in [-0.3, -0.25) is 18.4 Å². The largest absolute Gasteiger partial charge is 0.336 e. The van der Waals surface area contributed by atoms with Crippen molar-refractivity contribution >= 4 is 33.7 Å². The monoisotopic (exact) mass is 320 g/mol. The van der Waals surface area contributed by atoms with Gasteiger partial charge in [0.25, 0.3) is 11.5 Å². The van der Waals surface area contributed by atoms with Crippen LogP contribution in [0.4, 0.5) is 4.79 Å². The van der Waals surface area contributed by atoms with Crippen molar-refractivity contribution in [3.8, 4) is 0 Å². The first-order valence-corrected chi connectivity index (χ1v) is 7.73. The molecule has 1 N–H and O–H groups in total. The van der Waals surface area contributed by atoms with Gasteiger partial charge >= 0.3 is 6.03 Å². The van der Waals surface area contributed by atoms with Crippen LogP contribution in [0.3, 0.4) is 0 Å². The summed E-state index contributed by atoms with van der Waals surface area (Å²) in [5.74, 6) is -0.380. The summed E-state index contributed by atoms with van der Waals surface area (Å²) in [6.07, 6.45) is 0. The summed E-state index contributed by atoms with van der Waals surface area (Å²) in [4.78, 5) is 42.4. The molecule has 0 unspecified atom stereocenters. The minimum absolute atomic E-state index is 0.134. The van der Waals surface area contributed by atoms with E-state index < -0.39 is 6.03 Å². The van der Waals surface area contributed by atoms with Crippen molar-refractivity contribution in [1.29, 1.82) is 0 Å². The highest BCUT2D eigenvalue weighted by molar-refractivity contribution is 7.13. The van der Waals surface area contributed by atoms with Crippen molar-refractivity contribution in [3.05, 3.63) is 27.2 Å². The van der Waals surface area contributed by atoms with Gasteiger partial charge in [0.05, 0.1) is 5.39 Å². The molecule has 0 aliphatic carbocycles. The van der Waals surface area contributed by atoms with E-state index in [1.165, 1.54) is 3.96 Å². The maximum Gasteiger partial charge on any atom is 0.324 e. The quantitative estimate of drug-likeness (QED) is 0.892. The maximum atomic E-state index is 12.5. The Hall–Kier alpha value is -2.22. The average molecular weight is 320 g/mol. The third kappa shape index (κ3) is 2.19. The lowest BCUT2D eigenvalue weighted by Gasteiger charge is -2.11. The highest BCUT2D eigenvalue weighted by Crippen LogP contribution is 2.22. The second-order valence-electron chi connectivity index (χ2n) is 5.34. The molecule has 0 radical (unpaired) electrons. The Kier molecular flexibility index (Phi) is 3.48. The van der Waals surface area contributed by atoms with Crippen LogP contribution in [-0.2, 0) is 11.3 Å². The number of aromatic nitrogens is 2. The predicted molar refractivity (Wildman–Crippen MR) is 83.2 cm³/mol. The molecule has 3 amide bonds. The zero-order valence-electron chi connectivity index (χ0n) is 12.6. The molecule has 116 valence electrons. The average Bonchev–Trinajstić information content (AvgIpc) is 3.01. The first-order chi connectivity index (χ1) is 10.4. The number of nitrogens with zero attached hydrogens (tertiary/aromatic N) is 3. The van der Waals surface area contributed by atoms with Crippen LogP contribution in [0.25, 0.3) is 10.2 Å². The van der Waals surface area contributed by atoms with E-state index in [-0.39, 0.29) is 18.0 Å². The SMILES string of the molecule is Cc1nc2sn(CC(=O)N3CCNC3=O)c(=O)c2c(C)c1C. The predicted octanol–water partition coefficient (Wildman–Crippen LogP) is 0.935. The lowest BCUT2D eigenvalue weighted by atomic mass is 10.1. The molecule has 0 atom stereocenters. The van der Waals surface area contributed by atoms with Crippen LogP contribution in [0.1, 0.15) is 16.8 Å². The van der Waals surface area contributed by atoms with Crippen LogP contribution >= 0.6 is 11.5 Å². The van der Waals surface area contributed by atoms with E-state index in [0.29, 0.717) is 23.3 Å². The van der Waals surface area contributed by atoms with E-state index in [0.717, 1.165) is 33.3 Å². The number of carbonyl (C=O) groups is 2. The molecule has 22 heavy (non-hydrogen) atoms. The third-order valence-electron chi connectivity index (χ3n) is 4.04. The molecule has 0 spiro atoms. The first-order valence-electron chi connectivity index (χ1n) is 6.96. The molecular formula is C14H16N4O3S. The van der Waals surface area contributed by atoms with Crippen molar-refractivity contribution in [3.63, 3.8) is 0 Å². The van der Waals surface area contributed by atoms with Gasteiger partial charge in [0.15, 0.2) is 0 Å². The van der Waals surface area contributed by atoms with E-state index in [2.05, 4.69) is 10.3 Å². The molecular weight excluding hydrogens is 304 g/mol. The fourth-order valence-corrected chi connectivity index (χ4v) is 3.59. The molecule has 3 heterocycles. The Morgan fingerprint density at radius 3 is 2.64 bits per heavy atom. The van der Waals surface area contributed by atoms with Crippen molar-refractivity contribution in [2.45, 2.75) is 27.3 Å². The van der Waals surface area contributed by atoms with Crippen molar-refractivity contribution in [1.82, 2.24) is 19.2 Å². The van der Waals surface area contributed by atoms with Gasteiger partial charge < -0.3 is 5.32 Å². The Labute approximate surface area is 130 Å². The zero-order chi connectivity index (χ0) is 16.0. The van der Waals surface area contributed by atoms with Crippen LogP contribution in [0, 0.1) is 20.8 Å². The summed E-state index contributed by atoms with van der Waals surface area (Å²) in [6.45, 7) is 6.37. The Balaban J connectivity index is 2.00. The van der Waals surface area contributed by atoms with Gasteiger partial charge in [-0.05, 0) is 43.4 Å². The van der Waals surface area contributed by atoms with E-state index in [9.17, 15) is 14.4 Å². The standard InChI is InChI=1S/C14H16N4O3S/c1-7-8(2)11-12(16-9(7)3)22-18(13(11)20)6-10(19)17-5-4-15-14(17)21/h4-6H2,1-3H3,(H,15,21). The van der Waals surface area contributed by atoms with Gasteiger partial charge in [0.2, 0.25) is 0 Å². The lowest BCUT2D eigenvalue weighted by Crippen LogP contribution is -2.37. The van der Waals surface area contributed by atoms with Gasteiger partial charge in [-0.25, -0.2) is 9.78 Å². The molecule has 1 saturated heterocycles. The molecule has 1 fully saturated rings. The van der Waals surface area contributed by atoms with E-state index in [4.69, 9.17) is 0 Å². The summed E-state index contributed by atoms with van der Waals surface area (Å²) >= 11 is 1.16. The molecule has 8 heteroatoms. The normalized spacial score (nSPS) is 14.7. The Morgan fingerprint density at radius 2 is 2.00 bits per heavy atom. The van der Waals surface area contributed by atoms with Gasteiger partial charge in [0.1, 0.15) is 11.4 Å². The van der Waals surface area contributed by atoms with Crippen molar-refractivity contribution < 1.29 is 9.59 Å². The minimum atomic E-state index is -0.403. The Morgan fingerprint density at radius 1 is 1.27 bits per heavy atom. The summed E-state index contributed by atoms with van der Waals surface area (Å²) < 4.78 is 1.37. The van der Waals surface area contributed by atoms with E-state index >= 15 is 0 Å². The number of fused-ring (bicyclic) bond motifs is 1. The summed E-state index contributed by atoms with van der Waals surface area (Å²) in [7, 11) is 0. The number of hydrogen-bond donors (Lipinski definition) is 1. The smallest absolute Gasteiger partial charge is 0.324 e. The van der Waals surface area contributed by atoms with Crippen LogP contribution < -0.4 is 10.9 Å². The summed E-state index contributed by atoms with van der Waals surface area (Å²) in [5.41, 5.74) is 2.54. The van der Waals surface area contributed by atoms with Gasteiger partial charge in [-0.15, -0.1) is 0 Å². The fourth-order valence-electron chi connectivity index (χ4n) is 2.52. The van der Waals surface area contributed by atoms with Crippen LogP contribution in [0.5, 0.6) is 0 Å². The molecule has 7 nitrogen and oxygen atoms in total. The molecule has 3 rings (SSSR count). The van der Waals surface area contributed by atoms with E-state index in [1.54, 1.807) is 0 Å². The third-order valence-corrected chi connectivity index (χ3v) is 5.02. The van der Waals surface area contributed by atoms with Crippen LogP contribution in [0.2, 0.25) is 0 Å². The molecule has 2 aromatic rings. The number of aryl methyl sites for hydroxylation is 2. The number of imide groups is 1. The zero-order valence-corrected chi connectivity index (χ0v) is 13.4. The minimum Gasteiger partial charge on any atom is -0.336 e.